The number of carbonyl (C=O) groups excluding carboxylic acids is 1. The Bertz CT molecular complexity index is 327. The van der Waals surface area contributed by atoms with Crippen molar-refractivity contribution in [3.8, 4) is 0 Å². The first kappa shape index (κ1) is 16.6. The molecule has 0 aromatic heterocycles. The Hall–Kier alpha value is -0.810. The molecule has 122 valence electrons. The quantitative estimate of drug-likeness (QED) is 0.841. The third-order valence-corrected chi connectivity index (χ3v) is 4.14. The molecule has 2 rings (SSSR count). The van der Waals surface area contributed by atoms with Gasteiger partial charge in [0.05, 0.1) is 0 Å². The molecule has 0 bridgehead atoms. The second-order valence-corrected chi connectivity index (χ2v) is 7.25. The Morgan fingerprint density at radius 3 is 2.05 bits per heavy atom. The van der Waals surface area contributed by atoms with Gasteiger partial charge in [0.25, 0.3) is 0 Å². The lowest BCUT2D eigenvalue weighted by Crippen LogP contribution is -2.47. The van der Waals surface area contributed by atoms with Crippen LogP contribution in [0.4, 0.5) is 4.79 Å². The number of rotatable bonds is 3. The minimum atomic E-state index is -0.425. The van der Waals surface area contributed by atoms with Crippen LogP contribution in [0, 0.1) is 0 Å². The van der Waals surface area contributed by atoms with Crippen LogP contribution in [0.5, 0.6) is 0 Å². The average molecular weight is 298 g/mol. The standard InChI is InChI=1S/C16H30N2O3/c1-16(2,3)21-15(19)18-13-6-4-12(5-7-13)17-14-8-10-20-11-9-14/h12-14,17H,4-11H2,1-3H3,(H,18,19)/t12-,13-. The van der Waals surface area contributed by atoms with Gasteiger partial charge in [-0.3, -0.25) is 0 Å². The zero-order valence-corrected chi connectivity index (χ0v) is 13.6. The molecule has 1 heterocycles. The maximum absolute atomic E-state index is 11.8. The second-order valence-electron chi connectivity index (χ2n) is 7.25. The maximum Gasteiger partial charge on any atom is 0.407 e. The van der Waals surface area contributed by atoms with E-state index in [2.05, 4.69) is 10.6 Å². The van der Waals surface area contributed by atoms with Crippen LogP contribution in [-0.2, 0) is 9.47 Å². The summed E-state index contributed by atoms with van der Waals surface area (Å²) in [7, 11) is 0. The molecule has 2 N–H and O–H groups in total. The largest absolute Gasteiger partial charge is 0.444 e. The lowest BCUT2D eigenvalue weighted by Gasteiger charge is -2.34. The van der Waals surface area contributed by atoms with Gasteiger partial charge in [0.15, 0.2) is 0 Å². The first-order valence-corrected chi connectivity index (χ1v) is 8.26. The van der Waals surface area contributed by atoms with E-state index in [4.69, 9.17) is 9.47 Å². The molecule has 2 fully saturated rings. The summed E-state index contributed by atoms with van der Waals surface area (Å²) in [5.41, 5.74) is -0.425. The normalized spacial score (nSPS) is 28.1. The van der Waals surface area contributed by atoms with Crippen molar-refractivity contribution in [2.75, 3.05) is 13.2 Å². The number of hydrogen-bond donors (Lipinski definition) is 2. The van der Waals surface area contributed by atoms with E-state index in [9.17, 15) is 4.79 Å². The summed E-state index contributed by atoms with van der Waals surface area (Å²) in [5.74, 6) is 0. The van der Waals surface area contributed by atoms with Crippen LogP contribution in [0.25, 0.3) is 0 Å². The van der Waals surface area contributed by atoms with Crippen molar-refractivity contribution in [1.29, 1.82) is 0 Å². The van der Waals surface area contributed by atoms with Crippen LogP contribution in [0.1, 0.15) is 59.3 Å². The minimum absolute atomic E-state index is 0.257. The third-order valence-electron chi connectivity index (χ3n) is 4.14. The number of alkyl carbamates (subject to hydrolysis) is 1. The molecule has 0 aromatic carbocycles. The SMILES string of the molecule is CC(C)(C)OC(=O)N[C@H]1CC[C@H](NC2CCOCC2)CC1. The fourth-order valence-corrected chi connectivity index (χ4v) is 3.08. The van der Waals surface area contributed by atoms with Crippen molar-refractivity contribution in [3.05, 3.63) is 0 Å². The molecule has 0 radical (unpaired) electrons. The Balaban J connectivity index is 1.64. The highest BCUT2D eigenvalue weighted by atomic mass is 16.6. The number of carbonyl (C=O) groups is 1. The lowest BCUT2D eigenvalue weighted by molar-refractivity contribution is 0.0483. The van der Waals surface area contributed by atoms with Crippen LogP contribution in [0.3, 0.4) is 0 Å². The highest BCUT2D eigenvalue weighted by molar-refractivity contribution is 5.68. The van der Waals surface area contributed by atoms with Gasteiger partial charge in [0.2, 0.25) is 0 Å². The molecule has 0 unspecified atom stereocenters. The minimum Gasteiger partial charge on any atom is -0.444 e. The van der Waals surface area contributed by atoms with Crippen LogP contribution < -0.4 is 10.6 Å². The van der Waals surface area contributed by atoms with Gasteiger partial charge < -0.3 is 20.1 Å². The van der Waals surface area contributed by atoms with Crippen molar-refractivity contribution in [1.82, 2.24) is 10.6 Å². The zero-order chi connectivity index (χ0) is 15.3. The number of hydrogen-bond acceptors (Lipinski definition) is 4. The molecular weight excluding hydrogens is 268 g/mol. The molecule has 1 aliphatic carbocycles. The first-order chi connectivity index (χ1) is 9.92. The molecule has 0 atom stereocenters. The summed E-state index contributed by atoms with van der Waals surface area (Å²) in [6.45, 7) is 7.43. The van der Waals surface area contributed by atoms with Crippen LogP contribution in [-0.4, -0.2) is 43.0 Å². The highest BCUT2D eigenvalue weighted by Crippen LogP contribution is 2.21. The Morgan fingerprint density at radius 2 is 1.48 bits per heavy atom. The average Bonchev–Trinajstić information content (AvgIpc) is 2.40. The van der Waals surface area contributed by atoms with Gasteiger partial charge in [-0.05, 0) is 59.3 Å². The smallest absolute Gasteiger partial charge is 0.407 e. The lowest BCUT2D eigenvalue weighted by atomic mass is 9.90. The van der Waals surface area contributed by atoms with Crippen molar-refractivity contribution in [2.24, 2.45) is 0 Å². The van der Waals surface area contributed by atoms with Gasteiger partial charge in [-0.2, -0.15) is 0 Å². The molecule has 1 saturated carbocycles. The summed E-state index contributed by atoms with van der Waals surface area (Å²) in [6, 6.07) is 1.46. The Labute approximate surface area is 128 Å². The Kier molecular flexibility index (Phi) is 5.88. The Morgan fingerprint density at radius 1 is 0.952 bits per heavy atom. The van der Waals surface area contributed by atoms with Crippen molar-refractivity contribution < 1.29 is 14.3 Å². The molecule has 1 saturated heterocycles. The van der Waals surface area contributed by atoms with Gasteiger partial charge in [-0.25, -0.2) is 4.79 Å². The number of amides is 1. The third kappa shape index (κ3) is 6.22. The molecule has 1 aliphatic heterocycles. The predicted molar refractivity (Wildman–Crippen MR) is 82.4 cm³/mol. The van der Waals surface area contributed by atoms with Crippen LogP contribution >= 0.6 is 0 Å². The highest BCUT2D eigenvalue weighted by Gasteiger charge is 2.26. The summed E-state index contributed by atoms with van der Waals surface area (Å²) >= 11 is 0. The van der Waals surface area contributed by atoms with Gasteiger partial charge in [0.1, 0.15) is 5.60 Å². The fraction of sp³-hybridized carbons (Fsp3) is 0.938. The van der Waals surface area contributed by atoms with Gasteiger partial charge in [0, 0.05) is 31.3 Å². The van der Waals surface area contributed by atoms with Gasteiger partial charge in [-0.15, -0.1) is 0 Å². The van der Waals surface area contributed by atoms with E-state index in [0.717, 1.165) is 51.7 Å². The van der Waals surface area contributed by atoms with E-state index in [1.54, 1.807) is 0 Å². The molecule has 0 spiro atoms. The van der Waals surface area contributed by atoms with E-state index in [1.165, 1.54) is 0 Å². The molecule has 1 amide bonds. The summed E-state index contributed by atoms with van der Waals surface area (Å²) < 4.78 is 10.7. The van der Waals surface area contributed by atoms with Crippen LogP contribution in [0.2, 0.25) is 0 Å². The molecular formula is C16H30N2O3. The molecule has 2 aliphatic rings. The topological polar surface area (TPSA) is 59.6 Å². The van der Waals surface area contributed by atoms with E-state index in [-0.39, 0.29) is 12.1 Å². The monoisotopic (exact) mass is 298 g/mol. The van der Waals surface area contributed by atoms with E-state index in [1.807, 2.05) is 20.8 Å². The maximum atomic E-state index is 11.8. The van der Waals surface area contributed by atoms with Crippen molar-refractivity contribution in [3.63, 3.8) is 0 Å². The van der Waals surface area contributed by atoms with E-state index in [0.29, 0.717) is 12.1 Å². The van der Waals surface area contributed by atoms with Gasteiger partial charge >= 0.3 is 6.09 Å². The van der Waals surface area contributed by atoms with E-state index < -0.39 is 5.60 Å². The predicted octanol–water partition coefficient (Wildman–Crippen LogP) is 2.59. The summed E-state index contributed by atoms with van der Waals surface area (Å²) in [6.07, 6.45) is 6.26. The first-order valence-electron chi connectivity index (χ1n) is 8.26. The molecule has 5 heteroatoms. The second kappa shape index (κ2) is 7.45. The summed E-state index contributed by atoms with van der Waals surface area (Å²) in [5, 5.41) is 6.74. The fourth-order valence-electron chi connectivity index (χ4n) is 3.08. The van der Waals surface area contributed by atoms with Crippen LogP contribution in [0.15, 0.2) is 0 Å². The molecule has 0 aromatic rings. The molecule has 21 heavy (non-hydrogen) atoms. The number of ether oxygens (including phenoxy) is 2. The van der Waals surface area contributed by atoms with Crippen molar-refractivity contribution in [2.45, 2.75) is 83.0 Å². The van der Waals surface area contributed by atoms with E-state index >= 15 is 0 Å². The number of nitrogens with one attached hydrogen (secondary N) is 2. The molecule has 5 nitrogen and oxygen atoms in total. The van der Waals surface area contributed by atoms with Gasteiger partial charge in [-0.1, -0.05) is 0 Å². The zero-order valence-electron chi connectivity index (χ0n) is 13.6. The van der Waals surface area contributed by atoms with Crippen molar-refractivity contribution >= 4 is 6.09 Å². The summed E-state index contributed by atoms with van der Waals surface area (Å²) in [4.78, 5) is 11.8.